The minimum atomic E-state index is 0.830. The lowest BCUT2D eigenvalue weighted by Gasteiger charge is -2.25. The highest BCUT2D eigenvalue weighted by Gasteiger charge is 2.08. The van der Waals surface area contributed by atoms with E-state index in [0.29, 0.717) is 0 Å². The van der Waals surface area contributed by atoms with Gasteiger partial charge in [-0.1, -0.05) is 6.07 Å². The molecule has 0 bridgehead atoms. The molecule has 94 valence electrons. The van der Waals surface area contributed by atoms with Crippen LogP contribution in [0.5, 0.6) is 0 Å². The Kier molecular flexibility index (Phi) is 3.82. The Morgan fingerprint density at radius 2 is 1.89 bits per heavy atom. The summed E-state index contributed by atoms with van der Waals surface area (Å²) in [7, 11) is 0. The van der Waals surface area contributed by atoms with Gasteiger partial charge in [-0.3, -0.25) is 4.98 Å². The van der Waals surface area contributed by atoms with Crippen LogP contribution in [0.2, 0.25) is 0 Å². The number of benzene rings is 1. The van der Waals surface area contributed by atoms with Crippen LogP contribution >= 0.6 is 0 Å². The summed E-state index contributed by atoms with van der Waals surface area (Å²) in [5.74, 6) is 0. The molecule has 2 N–H and O–H groups in total. The first-order valence-corrected chi connectivity index (χ1v) is 6.20. The number of hydrogen-bond acceptors (Lipinski definition) is 3. The number of nitrogens with zero attached hydrogens (tertiary/aromatic N) is 2. The number of aryl methyl sites for hydroxylation is 1. The molecule has 0 aliphatic rings. The van der Waals surface area contributed by atoms with Crippen molar-refractivity contribution in [3.63, 3.8) is 0 Å². The molecule has 0 spiro atoms. The van der Waals surface area contributed by atoms with Crippen molar-refractivity contribution in [1.29, 1.82) is 0 Å². The second-order valence-electron chi connectivity index (χ2n) is 4.43. The molecule has 3 nitrogen and oxygen atoms in total. The van der Waals surface area contributed by atoms with E-state index >= 15 is 0 Å². The molecular formula is C15H19N3. The van der Waals surface area contributed by atoms with E-state index in [0.717, 1.165) is 24.5 Å². The van der Waals surface area contributed by atoms with Gasteiger partial charge in [0.2, 0.25) is 0 Å². The summed E-state index contributed by atoms with van der Waals surface area (Å²) in [4.78, 5) is 6.32. The minimum absolute atomic E-state index is 0.830. The summed E-state index contributed by atoms with van der Waals surface area (Å²) in [6, 6.07) is 10.2. The fraction of sp³-hybridized carbons (Fsp3) is 0.267. The lowest BCUT2D eigenvalue weighted by atomic mass is 10.1. The molecule has 0 unspecified atom stereocenters. The van der Waals surface area contributed by atoms with Crippen LogP contribution in [-0.4, -0.2) is 11.5 Å². The first kappa shape index (κ1) is 12.4. The zero-order valence-electron chi connectivity index (χ0n) is 10.9. The molecule has 1 aromatic carbocycles. The second kappa shape index (κ2) is 5.54. The second-order valence-corrected chi connectivity index (χ2v) is 4.43. The lowest BCUT2D eigenvalue weighted by molar-refractivity contribution is 0.831. The topological polar surface area (TPSA) is 42.2 Å². The normalized spacial score (nSPS) is 10.3. The zero-order chi connectivity index (χ0) is 13.0. The smallest absolute Gasteiger partial charge is 0.0605 e. The third-order valence-corrected chi connectivity index (χ3v) is 3.03. The van der Waals surface area contributed by atoms with Crippen LogP contribution in [0.25, 0.3) is 0 Å². The van der Waals surface area contributed by atoms with E-state index in [2.05, 4.69) is 29.8 Å². The molecule has 2 rings (SSSR count). The molecule has 0 fully saturated rings. The predicted octanol–water partition coefficient (Wildman–Crippen LogP) is 3.00. The average molecular weight is 241 g/mol. The third kappa shape index (κ3) is 2.80. The summed E-state index contributed by atoms with van der Waals surface area (Å²) in [6.07, 6.45) is 3.64. The Balaban J connectivity index is 2.26. The number of anilines is 2. The molecule has 0 aliphatic heterocycles. The zero-order valence-corrected chi connectivity index (χ0v) is 10.9. The monoisotopic (exact) mass is 241 g/mol. The number of aromatic nitrogens is 1. The molecule has 1 aromatic heterocycles. The summed E-state index contributed by atoms with van der Waals surface area (Å²) in [5.41, 5.74) is 10.5. The van der Waals surface area contributed by atoms with E-state index in [-0.39, 0.29) is 0 Å². The molecular weight excluding hydrogens is 222 g/mol. The number of hydrogen-bond donors (Lipinski definition) is 1. The number of nitrogens with two attached hydrogens (primary N) is 1. The molecule has 1 heterocycles. The first-order chi connectivity index (χ1) is 8.70. The molecule has 3 heteroatoms. The average Bonchev–Trinajstić information content (AvgIpc) is 2.40. The van der Waals surface area contributed by atoms with E-state index in [4.69, 9.17) is 5.73 Å². The molecule has 0 saturated heterocycles. The van der Waals surface area contributed by atoms with Crippen molar-refractivity contribution >= 4 is 11.4 Å². The Hall–Kier alpha value is -2.03. The maximum Gasteiger partial charge on any atom is 0.0605 e. The van der Waals surface area contributed by atoms with Gasteiger partial charge in [0.15, 0.2) is 0 Å². The summed E-state index contributed by atoms with van der Waals surface area (Å²) < 4.78 is 0. The number of nitrogen functional groups attached to an aromatic ring is 1. The summed E-state index contributed by atoms with van der Waals surface area (Å²) >= 11 is 0. The van der Waals surface area contributed by atoms with E-state index < -0.39 is 0 Å². The van der Waals surface area contributed by atoms with Crippen LogP contribution in [0.3, 0.4) is 0 Å². The standard InChI is InChI=1S/C15H19N3/c1-3-18(11-13-6-8-17-9-7-13)15-10-12(2)4-5-14(15)16/h4-10H,3,11,16H2,1-2H3. The van der Waals surface area contributed by atoms with Crippen molar-refractivity contribution < 1.29 is 0 Å². The molecule has 0 amide bonds. The Labute approximate surface area is 108 Å². The van der Waals surface area contributed by atoms with Crippen LogP contribution in [0.1, 0.15) is 18.1 Å². The van der Waals surface area contributed by atoms with Crippen molar-refractivity contribution in [2.24, 2.45) is 0 Å². The quantitative estimate of drug-likeness (QED) is 0.837. The van der Waals surface area contributed by atoms with Crippen LogP contribution < -0.4 is 10.6 Å². The Morgan fingerprint density at radius 1 is 1.17 bits per heavy atom. The van der Waals surface area contributed by atoms with Gasteiger partial charge in [0.05, 0.1) is 11.4 Å². The Bertz CT molecular complexity index is 508. The number of pyridine rings is 1. The molecule has 0 atom stereocenters. The summed E-state index contributed by atoms with van der Waals surface area (Å²) in [6.45, 7) is 6.01. The lowest BCUT2D eigenvalue weighted by Crippen LogP contribution is -2.23. The van der Waals surface area contributed by atoms with Crippen molar-refractivity contribution in [1.82, 2.24) is 4.98 Å². The van der Waals surface area contributed by atoms with Gasteiger partial charge in [-0.15, -0.1) is 0 Å². The van der Waals surface area contributed by atoms with Crippen LogP contribution in [0.4, 0.5) is 11.4 Å². The van der Waals surface area contributed by atoms with E-state index in [1.165, 1.54) is 11.1 Å². The van der Waals surface area contributed by atoms with Gasteiger partial charge < -0.3 is 10.6 Å². The largest absolute Gasteiger partial charge is 0.397 e. The first-order valence-electron chi connectivity index (χ1n) is 6.20. The van der Waals surface area contributed by atoms with Crippen molar-refractivity contribution in [3.8, 4) is 0 Å². The van der Waals surface area contributed by atoms with Gasteiger partial charge >= 0.3 is 0 Å². The van der Waals surface area contributed by atoms with E-state index in [9.17, 15) is 0 Å². The Morgan fingerprint density at radius 3 is 2.56 bits per heavy atom. The van der Waals surface area contributed by atoms with Gasteiger partial charge in [-0.2, -0.15) is 0 Å². The summed E-state index contributed by atoms with van der Waals surface area (Å²) in [5, 5.41) is 0. The molecule has 18 heavy (non-hydrogen) atoms. The maximum absolute atomic E-state index is 6.07. The number of rotatable bonds is 4. The van der Waals surface area contributed by atoms with Gasteiger partial charge in [0, 0.05) is 25.5 Å². The van der Waals surface area contributed by atoms with E-state index in [1.807, 2.05) is 36.7 Å². The van der Waals surface area contributed by atoms with E-state index in [1.54, 1.807) is 0 Å². The molecule has 0 saturated carbocycles. The van der Waals surface area contributed by atoms with Gasteiger partial charge in [-0.25, -0.2) is 0 Å². The van der Waals surface area contributed by atoms with Crippen LogP contribution in [-0.2, 0) is 6.54 Å². The molecule has 0 radical (unpaired) electrons. The maximum atomic E-state index is 6.07. The van der Waals surface area contributed by atoms with Crippen LogP contribution in [0, 0.1) is 6.92 Å². The van der Waals surface area contributed by atoms with Crippen molar-refractivity contribution in [2.45, 2.75) is 20.4 Å². The minimum Gasteiger partial charge on any atom is -0.397 e. The predicted molar refractivity (Wildman–Crippen MR) is 76.6 cm³/mol. The van der Waals surface area contributed by atoms with Gasteiger partial charge in [-0.05, 0) is 49.2 Å². The SMILES string of the molecule is CCN(Cc1ccncc1)c1cc(C)ccc1N. The van der Waals surface area contributed by atoms with Gasteiger partial charge in [0.25, 0.3) is 0 Å². The van der Waals surface area contributed by atoms with Crippen LogP contribution in [0.15, 0.2) is 42.7 Å². The molecule has 2 aromatic rings. The highest BCUT2D eigenvalue weighted by atomic mass is 15.1. The van der Waals surface area contributed by atoms with Crippen molar-refractivity contribution in [2.75, 3.05) is 17.2 Å². The van der Waals surface area contributed by atoms with Crippen molar-refractivity contribution in [3.05, 3.63) is 53.9 Å². The fourth-order valence-corrected chi connectivity index (χ4v) is 2.00. The highest BCUT2D eigenvalue weighted by Crippen LogP contribution is 2.25. The van der Waals surface area contributed by atoms with Gasteiger partial charge in [0.1, 0.15) is 0 Å². The molecule has 0 aliphatic carbocycles. The fourth-order valence-electron chi connectivity index (χ4n) is 2.00. The highest BCUT2D eigenvalue weighted by molar-refractivity contribution is 5.68. The third-order valence-electron chi connectivity index (χ3n) is 3.03.